The van der Waals surface area contributed by atoms with E-state index in [1.165, 1.54) is 25.0 Å². The van der Waals surface area contributed by atoms with Crippen molar-refractivity contribution in [2.75, 3.05) is 5.73 Å². The predicted molar refractivity (Wildman–Crippen MR) is 72.5 cm³/mol. The molecule has 2 N–H and O–H groups in total. The Balaban J connectivity index is 2.15. The van der Waals surface area contributed by atoms with Crippen LogP contribution in [0.2, 0.25) is 5.02 Å². The number of halogens is 2. The highest BCUT2D eigenvalue weighted by Crippen LogP contribution is 2.34. The Labute approximate surface area is 112 Å². The van der Waals surface area contributed by atoms with Crippen molar-refractivity contribution >= 4 is 17.3 Å². The summed E-state index contributed by atoms with van der Waals surface area (Å²) in [4.78, 5) is 0. The van der Waals surface area contributed by atoms with Crippen molar-refractivity contribution < 1.29 is 9.13 Å². The number of anilines is 1. The minimum Gasteiger partial charge on any atom is -0.488 e. The molecule has 0 heterocycles. The van der Waals surface area contributed by atoms with Crippen molar-refractivity contribution in [2.45, 2.75) is 45.1 Å². The fourth-order valence-corrected chi connectivity index (χ4v) is 2.78. The van der Waals surface area contributed by atoms with E-state index in [-0.39, 0.29) is 11.1 Å². The highest BCUT2D eigenvalue weighted by atomic mass is 35.5. The largest absolute Gasteiger partial charge is 0.488 e. The molecule has 0 aliphatic heterocycles. The average Bonchev–Trinajstić information content (AvgIpc) is 2.36. The first-order chi connectivity index (χ1) is 8.61. The molecule has 0 spiro atoms. The van der Waals surface area contributed by atoms with Crippen LogP contribution in [0.4, 0.5) is 10.1 Å². The maximum absolute atomic E-state index is 13.4. The van der Waals surface area contributed by atoms with E-state index in [4.69, 9.17) is 22.1 Å². The predicted octanol–water partition coefficient (Wildman–Crippen LogP) is 4.41. The minimum absolute atomic E-state index is 0.0375. The van der Waals surface area contributed by atoms with Gasteiger partial charge < -0.3 is 10.5 Å². The monoisotopic (exact) mass is 271 g/mol. The molecule has 2 unspecified atom stereocenters. The van der Waals surface area contributed by atoms with Crippen molar-refractivity contribution in [2.24, 2.45) is 5.92 Å². The summed E-state index contributed by atoms with van der Waals surface area (Å²) in [6, 6.07) is 2.70. The fraction of sp³-hybridized carbons (Fsp3) is 0.571. The number of nitrogen functional groups attached to an aromatic ring is 1. The lowest BCUT2D eigenvalue weighted by molar-refractivity contribution is 0.0908. The maximum Gasteiger partial charge on any atom is 0.145 e. The molecule has 1 aromatic carbocycles. The molecule has 0 amide bonds. The number of rotatable bonds is 3. The fourth-order valence-electron chi connectivity index (χ4n) is 2.60. The van der Waals surface area contributed by atoms with Gasteiger partial charge in [0.1, 0.15) is 17.7 Å². The van der Waals surface area contributed by atoms with Crippen molar-refractivity contribution in [1.29, 1.82) is 0 Å². The van der Waals surface area contributed by atoms with Crippen LogP contribution in [0.5, 0.6) is 5.75 Å². The van der Waals surface area contributed by atoms with Gasteiger partial charge in [-0.25, -0.2) is 4.39 Å². The molecule has 0 saturated heterocycles. The molecule has 2 atom stereocenters. The quantitative estimate of drug-likeness (QED) is 0.827. The summed E-state index contributed by atoms with van der Waals surface area (Å²) in [5, 5.41) is 0.0375. The summed E-state index contributed by atoms with van der Waals surface area (Å²) in [6.07, 6.45) is 5.84. The third kappa shape index (κ3) is 2.89. The Bertz CT molecular complexity index is 425. The zero-order valence-electron chi connectivity index (χ0n) is 10.6. The van der Waals surface area contributed by atoms with Gasteiger partial charge >= 0.3 is 0 Å². The molecular weight excluding hydrogens is 253 g/mol. The highest BCUT2D eigenvalue weighted by molar-refractivity contribution is 6.31. The van der Waals surface area contributed by atoms with Crippen molar-refractivity contribution in [3.8, 4) is 5.75 Å². The Morgan fingerprint density at radius 1 is 1.39 bits per heavy atom. The van der Waals surface area contributed by atoms with E-state index in [9.17, 15) is 4.39 Å². The number of hydrogen-bond donors (Lipinski definition) is 1. The smallest absolute Gasteiger partial charge is 0.145 e. The normalized spacial score (nSPS) is 23.9. The third-order valence-corrected chi connectivity index (χ3v) is 3.98. The second-order valence-electron chi connectivity index (χ2n) is 4.91. The molecule has 0 aromatic heterocycles. The molecule has 0 bridgehead atoms. The van der Waals surface area contributed by atoms with Crippen LogP contribution in [0.25, 0.3) is 0 Å². The Morgan fingerprint density at radius 2 is 2.11 bits per heavy atom. The molecule has 0 radical (unpaired) electrons. The van der Waals surface area contributed by atoms with E-state index in [0.29, 0.717) is 17.4 Å². The molecule has 2 rings (SSSR count). The summed E-state index contributed by atoms with van der Waals surface area (Å²) in [5.74, 6) is 0.476. The van der Waals surface area contributed by atoms with Crippen LogP contribution < -0.4 is 10.5 Å². The Morgan fingerprint density at radius 3 is 2.83 bits per heavy atom. The van der Waals surface area contributed by atoms with E-state index in [2.05, 4.69) is 6.92 Å². The lowest BCUT2D eigenvalue weighted by Crippen LogP contribution is -2.30. The molecule has 100 valence electrons. The highest BCUT2D eigenvalue weighted by Gasteiger charge is 2.26. The molecule has 1 aliphatic rings. The van der Waals surface area contributed by atoms with Gasteiger partial charge in [-0.2, -0.15) is 0 Å². The van der Waals surface area contributed by atoms with E-state index in [1.54, 1.807) is 0 Å². The molecular formula is C14H19ClFNO. The first-order valence-corrected chi connectivity index (χ1v) is 6.90. The summed E-state index contributed by atoms with van der Waals surface area (Å²) in [6.45, 7) is 2.16. The SMILES string of the molecule is CCC1CCCCC1Oc1cc(F)c(Cl)cc1N. The Kier molecular flexibility index (Phi) is 4.33. The number of benzene rings is 1. The lowest BCUT2D eigenvalue weighted by Gasteiger charge is -2.31. The van der Waals surface area contributed by atoms with Gasteiger partial charge in [-0.15, -0.1) is 0 Å². The second-order valence-corrected chi connectivity index (χ2v) is 5.32. The first-order valence-electron chi connectivity index (χ1n) is 6.53. The van der Waals surface area contributed by atoms with Gasteiger partial charge in [0.2, 0.25) is 0 Å². The molecule has 1 aliphatic carbocycles. The van der Waals surface area contributed by atoms with Crippen LogP contribution in [0.3, 0.4) is 0 Å². The van der Waals surface area contributed by atoms with E-state index >= 15 is 0 Å². The van der Waals surface area contributed by atoms with Gasteiger partial charge in [0, 0.05) is 6.07 Å². The maximum atomic E-state index is 13.4. The van der Waals surface area contributed by atoms with Crippen molar-refractivity contribution in [3.05, 3.63) is 23.0 Å². The van der Waals surface area contributed by atoms with Crippen LogP contribution in [0.15, 0.2) is 12.1 Å². The molecule has 4 heteroatoms. The van der Waals surface area contributed by atoms with Crippen LogP contribution in [0.1, 0.15) is 39.0 Å². The van der Waals surface area contributed by atoms with Crippen LogP contribution in [-0.4, -0.2) is 6.10 Å². The minimum atomic E-state index is -0.482. The van der Waals surface area contributed by atoms with Crippen molar-refractivity contribution in [1.82, 2.24) is 0 Å². The standard InChI is InChI=1S/C14H19ClFNO/c1-2-9-5-3-4-6-13(9)18-14-8-11(16)10(15)7-12(14)17/h7-9,13H,2-6,17H2,1H3. The number of ether oxygens (including phenoxy) is 1. The van der Waals surface area contributed by atoms with Gasteiger partial charge in [0.05, 0.1) is 10.7 Å². The molecule has 1 fully saturated rings. The van der Waals surface area contributed by atoms with E-state index in [0.717, 1.165) is 19.3 Å². The average molecular weight is 272 g/mol. The van der Waals surface area contributed by atoms with Crippen LogP contribution in [-0.2, 0) is 0 Å². The zero-order valence-corrected chi connectivity index (χ0v) is 11.3. The lowest BCUT2D eigenvalue weighted by atomic mass is 9.85. The second kappa shape index (κ2) is 5.79. The van der Waals surface area contributed by atoms with Gasteiger partial charge in [-0.3, -0.25) is 0 Å². The van der Waals surface area contributed by atoms with Crippen LogP contribution >= 0.6 is 11.6 Å². The summed E-state index contributed by atoms with van der Waals surface area (Å²) in [7, 11) is 0. The number of hydrogen-bond acceptors (Lipinski definition) is 2. The van der Waals surface area contributed by atoms with Gasteiger partial charge in [-0.1, -0.05) is 24.9 Å². The van der Waals surface area contributed by atoms with E-state index < -0.39 is 5.82 Å². The zero-order chi connectivity index (χ0) is 13.1. The third-order valence-electron chi connectivity index (χ3n) is 3.69. The Hall–Kier alpha value is -0.960. The van der Waals surface area contributed by atoms with E-state index in [1.807, 2.05) is 0 Å². The van der Waals surface area contributed by atoms with Gasteiger partial charge in [0.25, 0.3) is 0 Å². The molecule has 1 saturated carbocycles. The summed E-state index contributed by atoms with van der Waals surface area (Å²) < 4.78 is 19.3. The number of nitrogens with two attached hydrogens (primary N) is 1. The van der Waals surface area contributed by atoms with Crippen LogP contribution in [0, 0.1) is 11.7 Å². The molecule has 1 aromatic rings. The van der Waals surface area contributed by atoms with Crippen molar-refractivity contribution in [3.63, 3.8) is 0 Å². The summed E-state index contributed by atoms with van der Waals surface area (Å²) >= 11 is 5.67. The molecule has 18 heavy (non-hydrogen) atoms. The molecule has 2 nitrogen and oxygen atoms in total. The summed E-state index contributed by atoms with van der Waals surface area (Å²) in [5.41, 5.74) is 6.22. The topological polar surface area (TPSA) is 35.2 Å². The first kappa shape index (κ1) is 13.5. The van der Waals surface area contributed by atoms with Gasteiger partial charge in [0.15, 0.2) is 0 Å². The van der Waals surface area contributed by atoms with Gasteiger partial charge in [-0.05, 0) is 37.7 Å².